The van der Waals surface area contributed by atoms with Crippen molar-refractivity contribution in [3.05, 3.63) is 82.2 Å². The number of hydrogen-bond donors (Lipinski definition) is 1. The molecule has 0 aliphatic heterocycles. The Balaban J connectivity index is 1.74. The number of aromatic nitrogens is 1. The van der Waals surface area contributed by atoms with Gasteiger partial charge >= 0.3 is 0 Å². The van der Waals surface area contributed by atoms with E-state index in [-0.39, 0.29) is 23.6 Å². The summed E-state index contributed by atoms with van der Waals surface area (Å²) >= 11 is 0. The van der Waals surface area contributed by atoms with Gasteiger partial charge in [0.05, 0.1) is 13.7 Å². The third-order valence-corrected chi connectivity index (χ3v) is 3.57. The molecule has 3 aromatic rings. The van der Waals surface area contributed by atoms with Crippen molar-refractivity contribution in [2.45, 2.75) is 6.54 Å². The number of anilines is 1. The van der Waals surface area contributed by atoms with Crippen LogP contribution < -0.4 is 15.6 Å². The normalized spacial score (nSPS) is 10.6. The van der Waals surface area contributed by atoms with Gasteiger partial charge in [0.1, 0.15) is 5.76 Å². The first-order valence-corrected chi connectivity index (χ1v) is 7.56. The molecule has 6 nitrogen and oxygen atoms in total. The molecular weight excluding hydrogens is 346 g/mol. The Morgan fingerprint density at radius 3 is 2.58 bits per heavy atom. The van der Waals surface area contributed by atoms with Crippen LogP contribution in [0.4, 0.5) is 14.5 Å². The van der Waals surface area contributed by atoms with Crippen LogP contribution in [0.5, 0.6) is 5.75 Å². The first-order valence-electron chi connectivity index (χ1n) is 7.56. The van der Waals surface area contributed by atoms with Crippen molar-refractivity contribution in [1.29, 1.82) is 0 Å². The maximum absolute atomic E-state index is 13.7. The third-order valence-electron chi connectivity index (χ3n) is 3.57. The van der Waals surface area contributed by atoms with Crippen LogP contribution in [0.25, 0.3) is 0 Å². The Morgan fingerprint density at radius 1 is 1.19 bits per heavy atom. The largest absolute Gasteiger partial charge is 0.491 e. The lowest BCUT2D eigenvalue weighted by Crippen LogP contribution is -2.18. The molecule has 26 heavy (non-hydrogen) atoms. The van der Waals surface area contributed by atoms with Crippen LogP contribution in [0.3, 0.4) is 0 Å². The van der Waals surface area contributed by atoms with Crippen LogP contribution >= 0.6 is 0 Å². The zero-order valence-corrected chi connectivity index (χ0v) is 13.7. The number of nitrogens with one attached hydrogen (secondary N) is 1. The molecule has 1 amide bonds. The lowest BCUT2D eigenvalue weighted by molar-refractivity contribution is 0.0994. The van der Waals surface area contributed by atoms with Crippen LogP contribution in [0.15, 0.2) is 57.9 Å². The zero-order valence-electron chi connectivity index (χ0n) is 13.7. The first-order chi connectivity index (χ1) is 12.5. The van der Waals surface area contributed by atoms with Crippen LogP contribution in [0.1, 0.15) is 16.3 Å². The fourth-order valence-corrected chi connectivity index (χ4v) is 2.36. The van der Waals surface area contributed by atoms with Crippen LogP contribution in [0, 0.1) is 11.6 Å². The minimum Gasteiger partial charge on any atom is -0.491 e. The summed E-state index contributed by atoms with van der Waals surface area (Å²) in [5.74, 6) is -2.76. The average molecular weight is 360 g/mol. The lowest BCUT2D eigenvalue weighted by atomic mass is 10.2. The van der Waals surface area contributed by atoms with Crippen LogP contribution in [-0.2, 0) is 6.54 Å². The molecule has 0 saturated carbocycles. The highest BCUT2D eigenvalue weighted by Crippen LogP contribution is 2.25. The Bertz CT molecular complexity index is 987. The molecule has 8 heteroatoms. The van der Waals surface area contributed by atoms with Gasteiger partial charge in [-0.05, 0) is 18.2 Å². The molecule has 0 saturated heterocycles. The predicted octanol–water partition coefficient (Wildman–Crippen LogP) is 3.03. The van der Waals surface area contributed by atoms with Gasteiger partial charge in [-0.1, -0.05) is 6.07 Å². The van der Waals surface area contributed by atoms with E-state index in [9.17, 15) is 18.4 Å². The van der Waals surface area contributed by atoms with E-state index in [0.717, 1.165) is 19.2 Å². The first kappa shape index (κ1) is 17.4. The van der Waals surface area contributed by atoms with Gasteiger partial charge in [-0.3, -0.25) is 9.59 Å². The molecule has 0 atom stereocenters. The molecule has 1 aromatic carbocycles. The van der Waals surface area contributed by atoms with Crippen molar-refractivity contribution >= 4 is 11.6 Å². The van der Waals surface area contributed by atoms with Crippen LogP contribution in [-0.4, -0.2) is 17.6 Å². The smallest absolute Gasteiger partial charge is 0.291 e. The molecule has 3 rings (SSSR count). The van der Waals surface area contributed by atoms with Crippen molar-refractivity contribution in [2.75, 3.05) is 12.4 Å². The lowest BCUT2D eigenvalue weighted by Gasteiger charge is -2.07. The summed E-state index contributed by atoms with van der Waals surface area (Å²) in [5, 5.41) is 2.34. The Labute approximate surface area is 146 Å². The summed E-state index contributed by atoms with van der Waals surface area (Å²) < 4.78 is 38.7. The van der Waals surface area contributed by atoms with Gasteiger partial charge in [0.15, 0.2) is 23.1 Å². The van der Waals surface area contributed by atoms with E-state index < -0.39 is 23.3 Å². The molecule has 134 valence electrons. The second-order valence-corrected chi connectivity index (χ2v) is 5.36. The highest BCUT2D eigenvalue weighted by molar-refractivity contribution is 6.02. The van der Waals surface area contributed by atoms with Gasteiger partial charge < -0.3 is 19.0 Å². The number of halogens is 2. The molecule has 0 unspecified atom stereocenters. The fraction of sp³-hybridized carbons (Fsp3) is 0.111. The molecule has 0 aliphatic rings. The SMILES string of the molecule is COc1c(F)cc(NC(=O)c2ccc(Cn3ccccc3=O)o2)cc1F. The minimum atomic E-state index is -0.939. The molecule has 0 bridgehead atoms. The number of pyridine rings is 1. The third kappa shape index (κ3) is 3.64. The number of hydrogen-bond acceptors (Lipinski definition) is 4. The summed E-state index contributed by atoms with van der Waals surface area (Å²) in [6, 6.07) is 9.56. The molecule has 0 aliphatic carbocycles. The van der Waals surface area contributed by atoms with E-state index in [1.807, 2.05) is 0 Å². The van der Waals surface area contributed by atoms with E-state index in [1.54, 1.807) is 24.4 Å². The van der Waals surface area contributed by atoms with E-state index >= 15 is 0 Å². The highest BCUT2D eigenvalue weighted by Gasteiger charge is 2.16. The topological polar surface area (TPSA) is 73.5 Å². The predicted molar refractivity (Wildman–Crippen MR) is 89.4 cm³/mol. The molecule has 0 spiro atoms. The van der Waals surface area contributed by atoms with Gasteiger partial charge in [0, 0.05) is 30.1 Å². The second-order valence-electron chi connectivity index (χ2n) is 5.36. The number of ether oxygens (including phenoxy) is 1. The van der Waals surface area contributed by atoms with Crippen molar-refractivity contribution in [1.82, 2.24) is 4.57 Å². The number of amides is 1. The van der Waals surface area contributed by atoms with E-state index in [2.05, 4.69) is 10.1 Å². The molecule has 0 radical (unpaired) electrons. The van der Waals surface area contributed by atoms with Crippen LogP contribution in [0.2, 0.25) is 0 Å². The summed E-state index contributed by atoms with van der Waals surface area (Å²) in [4.78, 5) is 23.9. The van der Waals surface area contributed by atoms with Crippen molar-refractivity contribution < 1.29 is 22.7 Å². The summed E-state index contributed by atoms with van der Waals surface area (Å²) in [6.45, 7) is 0.152. The van der Waals surface area contributed by atoms with Gasteiger partial charge in [0.2, 0.25) is 0 Å². The maximum atomic E-state index is 13.7. The number of furan rings is 1. The van der Waals surface area contributed by atoms with Gasteiger partial charge in [0.25, 0.3) is 11.5 Å². The van der Waals surface area contributed by atoms with Crippen molar-refractivity contribution in [3.8, 4) is 5.75 Å². The summed E-state index contributed by atoms with van der Waals surface area (Å²) in [6.07, 6.45) is 1.59. The number of carbonyl (C=O) groups is 1. The molecule has 2 heterocycles. The Hall–Kier alpha value is -3.42. The zero-order chi connectivity index (χ0) is 18.7. The quantitative estimate of drug-likeness (QED) is 0.759. The highest BCUT2D eigenvalue weighted by atomic mass is 19.1. The molecule has 1 N–H and O–H groups in total. The molecular formula is C18H14F2N2O4. The van der Waals surface area contributed by atoms with Crippen molar-refractivity contribution in [3.63, 3.8) is 0 Å². The molecule has 2 aromatic heterocycles. The summed E-state index contributed by atoms with van der Waals surface area (Å²) in [7, 11) is 1.14. The maximum Gasteiger partial charge on any atom is 0.291 e. The summed E-state index contributed by atoms with van der Waals surface area (Å²) in [5.41, 5.74) is -0.290. The van der Waals surface area contributed by atoms with Crippen molar-refractivity contribution in [2.24, 2.45) is 0 Å². The van der Waals surface area contributed by atoms with Gasteiger partial charge in [-0.2, -0.15) is 0 Å². The standard InChI is InChI=1S/C18H14F2N2O4/c1-25-17-13(19)8-11(9-14(17)20)21-18(24)15-6-5-12(26-15)10-22-7-3-2-4-16(22)23/h2-9H,10H2,1H3,(H,21,24). The number of carbonyl (C=O) groups excluding carboxylic acids is 1. The number of nitrogens with zero attached hydrogens (tertiary/aromatic N) is 1. The monoisotopic (exact) mass is 360 g/mol. The minimum absolute atomic E-state index is 0.0550. The fourth-order valence-electron chi connectivity index (χ4n) is 2.36. The van der Waals surface area contributed by atoms with Gasteiger partial charge in [-0.25, -0.2) is 8.78 Å². The Kier molecular flexibility index (Phi) is 4.83. The number of benzene rings is 1. The average Bonchev–Trinajstić information content (AvgIpc) is 3.05. The van der Waals surface area contributed by atoms with E-state index in [0.29, 0.717) is 5.76 Å². The molecule has 0 fully saturated rings. The number of methoxy groups -OCH3 is 1. The van der Waals surface area contributed by atoms with E-state index in [4.69, 9.17) is 4.42 Å². The second kappa shape index (κ2) is 7.22. The number of rotatable bonds is 5. The Morgan fingerprint density at radius 2 is 1.92 bits per heavy atom. The van der Waals surface area contributed by atoms with Gasteiger partial charge in [-0.15, -0.1) is 0 Å². The van der Waals surface area contributed by atoms with E-state index in [1.165, 1.54) is 16.7 Å².